The zero-order chi connectivity index (χ0) is 23.5. The minimum absolute atomic E-state index is 0.0167. The summed E-state index contributed by atoms with van der Waals surface area (Å²) in [6.07, 6.45) is 5.39. The van der Waals surface area contributed by atoms with Crippen LogP contribution in [0.3, 0.4) is 0 Å². The van der Waals surface area contributed by atoms with Crippen molar-refractivity contribution in [3.63, 3.8) is 0 Å². The number of imidazole rings is 1. The molecule has 4 aromatic rings. The lowest BCUT2D eigenvalue weighted by Crippen LogP contribution is -2.37. The van der Waals surface area contributed by atoms with Crippen molar-refractivity contribution in [3.8, 4) is 0 Å². The molecule has 1 unspecified atom stereocenters. The van der Waals surface area contributed by atoms with Gasteiger partial charge in [-0.05, 0) is 42.2 Å². The van der Waals surface area contributed by atoms with E-state index in [1.54, 1.807) is 6.33 Å². The van der Waals surface area contributed by atoms with Gasteiger partial charge in [0.2, 0.25) is 5.91 Å². The Balaban J connectivity index is 1.44. The highest BCUT2D eigenvalue weighted by atomic mass is 16.4. The number of nitrogens with one attached hydrogen (secondary N) is 1. The minimum Gasteiger partial charge on any atom is -0.481 e. The van der Waals surface area contributed by atoms with E-state index < -0.39 is 11.4 Å². The molecule has 1 fully saturated rings. The zero-order valence-electron chi connectivity index (χ0n) is 18.9. The SMILES string of the molecule is O=C(O)CC(c1ccccc1)n1cnc2cc(NC(=O)C3(c4ccccc4)CCCC3)ccc21. The Morgan fingerprint density at radius 1 is 0.971 bits per heavy atom. The number of hydrogen-bond acceptors (Lipinski definition) is 3. The monoisotopic (exact) mass is 453 g/mol. The van der Waals surface area contributed by atoms with E-state index in [1.165, 1.54) is 0 Å². The standard InChI is InChI=1S/C28H27N3O3/c32-26(33)18-25(20-9-3-1-4-10-20)31-19-29-23-17-22(13-14-24(23)31)30-27(34)28(15-7-8-16-28)21-11-5-2-6-12-21/h1-6,9-14,17,19,25H,7-8,15-16,18H2,(H,30,34)(H,32,33). The highest BCUT2D eigenvalue weighted by Gasteiger charge is 2.42. The molecule has 0 radical (unpaired) electrons. The number of benzene rings is 3. The first-order valence-electron chi connectivity index (χ1n) is 11.7. The molecule has 5 rings (SSSR count). The van der Waals surface area contributed by atoms with Crippen LogP contribution < -0.4 is 5.32 Å². The maximum Gasteiger partial charge on any atom is 0.305 e. The van der Waals surface area contributed by atoms with Crippen LogP contribution in [0.2, 0.25) is 0 Å². The molecule has 0 bridgehead atoms. The van der Waals surface area contributed by atoms with Crippen LogP contribution >= 0.6 is 0 Å². The lowest BCUT2D eigenvalue weighted by Gasteiger charge is -2.28. The molecule has 1 atom stereocenters. The van der Waals surface area contributed by atoms with Crippen molar-refractivity contribution in [1.29, 1.82) is 0 Å². The van der Waals surface area contributed by atoms with Crippen molar-refractivity contribution in [3.05, 3.63) is 96.3 Å². The number of aliphatic carboxylic acids is 1. The molecule has 0 saturated heterocycles. The molecule has 3 aromatic carbocycles. The molecule has 172 valence electrons. The summed E-state index contributed by atoms with van der Waals surface area (Å²) in [5, 5.41) is 12.6. The van der Waals surface area contributed by atoms with Gasteiger partial charge in [-0.1, -0.05) is 73.5 Å². The number of carbonyl (C=O) groups is 2. The maximum absolute atomic E-state index is 13.5. The molecule has 34 heavy (non-hydrogen) atoms. The van der Waals surface area contributed by atoms with Crippen LogP contribution in [-0.2, 0) is 15.0 Å². The topological polar surface area (TPSA) is 84.2 Å². The van der Waals surface area contributed by atoms with Gasteiger partial charge in [0.05, 0.1) is 35.2 Å². The Morgan fingerprint density at radius 2 is 1.65 bits per heavy atom. The molecule has 2 N–H and O–H groups in total. The van der Waals surface area contributed by atoms with Crippen LogP contribution in [0.5, 0.6) is 0 Å². The average Bonchev–Trinajstić information content (AvgIpc) is 3.52. The molecule has 6 nitrogen and oxygen atoms in total. The van der Waals surface area contributed by atoms with Crippen molar-refractivity contribution in [2.24, 2.45) is 0 Å². The molecule has 1 amide bonds. The van der Waals surface area contributed by atoms with E-state index >= 15 is 0 Å². The molecule has 1 aliphatic carbocycles. The molecule has 1 aliphatic rings. The third-order valence-corrected chi connectivity index (χ3v) is 6.94. The molecule has 0 spiro atoms. The number of fused-ring (bicyclic) bond motifs is 1. The third kappa shape index (κ3) is 4.07. The molecule has 1 aromatic heterocycles. The summed E-state index contributed by atoms with van der Waals surface area (Å²) in [5.41, 5.74) is 3.70. The average molecular weight is 454 g/mol. The fraction of sp³-hybridized carbons (Fsp3) is 0.250. The van der Waals surface area contributed by atoms with E-state index in [9.17, 15) is 14.7 Å². The second kappa shape index (κ2) is 9.14. The van der Waals surface area contributed by atoms with Crippen molar-refractivity contribution in [2.45, 2.75) is 43.6 Å². The highest BCUT2D eigenvalue weighted by Crippen LogP contribution is 2.42. The molecule has 1 heterocycles. The number of carboxylic acids is 1. The number of nitrogens with zero attached hydrogens (tertiary/aromatic N) is 2. The van der Waals surface area contributed by atoms with Crippen LogP contribution in [0.15, 0.2) is 85.2 Å². The fourth-order valence-corrected chi connectivity index (χ4v) is 5.21. The zero-order valence-corrected chi connectivity index (χ0v) is 18.9. The van der Waals surface area contributed by atoms with Crippen LogP contribution in [0.25, 0.3) is 11.0 Å². The van der Waals surface area contributed by atoms with Gasteiger partial charge in [-0.25, -0.2) is 4.98 Å². The predicted molar refractivity (Wildman–Crippen MR) is 132 cm³/mol. The van der Waals surface area contributed by atoms with E-state index in [2.05, 4.69) is 10.3 Å². The first-order chi connectivity index (χ1) is 16.6. The van der Waals surface area contributed by atoms with Crippen LogP contribution in [0.4, 0.5) is 5.69 Å². The molecular formula is C28H27N3O3. The van der Waals surface area contributed by atoms with E-state index in [4.69, 9.17) is 0 Å². The van der Waals surface area contributed by atoms with Gasteiger partial charge in [0, 0.05) is 5.69 Å². The smallest absolute Gasteiger partial charge is 0.305 e. The third-order valence-electron chi connectivity index (χ3n) is 6.94. The van der Waals surface area contributed by atoms with Gasteiger partial charge in [0.25, 0.3) is 0 Å². The summed E-state index contributed by atoms with van der Waals surface area (Å²) in [5.74, 6) is -0.856. The molecule has 6 heteroatoms. The molecule has 1 saturated carbocycles. The Bertz CT molecular complexity index is 1310. The van der Waals surface area contributed by atoms with E-state index in [0.717, 1.165) is 42.3 Å². The largest absolute Gasteiger partial charge is 0.481 e. The van der Waals surface area contributed by atoms with Gasteiger partial charge < -0.3 is 15.0 Å². The van der Waals surface area contributed by atoms with E-state index in [1.807, 2.05) is 83.4 Å². The highest BCUT2D eigenvalue weighted by molar-refractivity contribution is 6.00. The first-order valence-corrected chi connectivity index (χ1v) is 11.7. The Labute approximate surface area is 198 Å². The summed E-state index contributed by atoms with van der Waals surface area (Å²) in [6.45, 7) is 0. The summed E-state index contributed by atoms with van der Waals surface area (Å²) in [4.78, 5) is 29.6. The predicted octanol–water partition coefficient (Wildman–Crippen LogP) is 5.55. The van der Waals surface area contributed by atoms with E-state index in [-0.39, 0.29) is 18.4 Å². The van der Waals surface area contributed by atoms with Gasteiger partial charge in [-0.3, -0.25) is 9.59 Å². The molecule has 0 aliphatic heterocycles. The lowest BCUT2D eigenvalue weighted by molar-refractivity contribution is -0.137. The van der Waals surface area contributed by atoms with Gasteiger partial charge >= 0.3 is 5.97 Å². The lowest BCUT2D eigenvalue weighted by atomic mass is 9.78. The van der Waals surface area contributed by atoms with Crippen LogP contribution in [0.1, 0.15) is 49.3 Å². The normalized spacial score (nSPS) is 15.8. The Morgan fingerprint density at radius 3 is 2.32 bits per heavy atom. The molecular weight excluding hydrogens is 426 g/mol. The van der Waals surface area contributed by atoms with Gasteiger partial charge in [0.15, 0.2) is 0 Å². The van der Waals surface area contributed by atoms with Crippen molar-refractivity contribution in [2.75, 3.05) is 5.32 Å². The van der Waals surface area contributed by atoms with Crippen LogP contribution in [-0.4, -0.2) is 26.5 Å². The summed E-state index contributed by atoms with van der Waals surface area (Å²) >= 11 is 0. The quantitative estimate of drug-likeness (QED) is 0.384. The van der Waals surface area contributed by atoms with Gasteiger partial charge in [-0.2, -0.15) is 0 Å². The van der Waals surface area contributed by atoms with Crippen molar-refractivity contribution >= 4 is 28.6 Å². The number of carboxylic acid groups (broad SMARTS) is 1. The van der Waals surface area contributed by atoms with Crippen molar-refractivity contribution < 1.29 is 14.7 Å². The second-order valence-corrected chi connectivity index (χ2v) is 8.99. The minimum atomic E-state index is -0.873. The Kier molecular flexibility index (Phi) is 5.88. The second-order valence-electron chi connectivity index (χ2n) is 8.99. The number of aromatic nitrogens is 2. The summed E-state index contributed by atoms with van der Waals surface area (Å²) in [6, 6.07) is 24.9. The van der Waals surface area contributed by atoms with Crippen molar-refractivity contribution in [1.82, 2.24) is 9.55 Å². The number of rotatable bonds is 7. The number of anilines is 1. The Hall–Kier alpha value is -3.93. The summed E-state index contributed by atoms with van der Waals surface area (Å²) in [7, 11) is 0. The summed E-state index contributed by atoms with van der Waals surface area (Å²) < 4.78 is 1.90. The first kappa shape index (κ1) is 21.9. The number of carbonyl (C=O) groups excluding carboxylic acids is 1. The number of hydrogen-bond donors (Lipinski definition) is 2. The number of amides is 1. The maximum atomic E-state index is 13.5. The van der Waals surface area contributed by atoms with Crippen LogP contribution in [0, 0.1) is 0 Å². The van der Waals surface area contributed by atoms with Gasteiger partial charge in [0.1, 0.15) is 0 Å². The van der Waals surface area contributed by atoms with E-state index in [0.29, 0.717) is 11.2 Å². The fourth-order valence-electron chi connectivity index (χ4n) is 5.21. The van der Waals surface area contributed by atoms with Gasteiger partial charge in [-0.15, -0.1) is 0 Å².